The van der Waals surface area contributed by atoms with Gasteiger partial charge in [0.1, 0.15) is 6.26 Å². The molecule has 3 nitrogen and oxygen atoms in total. The Kier molecular flexibility index (Phi) is 2.92. The summed E-state index contributed by atoms with van der Waals surface area (Å²) in [6.07, 6.45) is 4.03. The Balaban J connectivity index is 1.73. The zero-order valence-electron chi connectivity index (χ0n) is 10.8. The number of oxazole rings is 1. The number of hydrogen-bond donors (Lipinski definition) is 1. The first-order chi connectivity index (χ1) is 8.78. The van der Waals surface area contributed by atoms with Crippen molar-refractivity contribution in [1.29, 1.82) is 0 Å². The molecule has 94 valence electrons. The molecule has 1 aliphatic rings. The lowest BCUT2D eigenvalue weighted by Crippen LogP contribution is -2.25. The lowest BCUT2D eigenvalue weighted by molar-refractivity contribution is 0.443. The van der Waals surface area contributed by atoms with Gasteiger partial charge in [-0.15, -0.1) is 0 Å². The number of benzene rings is 1. The first kappa shape index (κ1) is 11.5. The van der Waals surface area contributed by atoms with Crippen LogP contribution in [0.3, 0.4) is 0 Å². The highest BCUT2D eigenvalue weighted by molar-refractivity contribution is 5.40. The van der Waals surface area contributed by atoms with Crippen LogP contribution in [-0.2, 0) is 6.42 Å². The molecule has 0 saturated carbocycles. The van der Waals surface area contributed by atoms with Crippen LogP contribution in [0.2, 0.25) is 0 Å². The van der Waals surface area contributed by atoms with Crippen molar-refractivity contribution in [3.63, 3.8) is 0 Å². The molecule has 0 fully saturated rings. The Morgan fingerprint density at radius 1 is 1.44 bits per heavy atom. The maximum atomic E-state index is 5.30. The van der Waals surface area contributed by atoms with E-state index >= 15 is 0 Å². The average molecular weight is 242 g/mol. The fourth-order valence-corrected chi connectivity index (χ4v) is 2.78. The summed E-state index contributed by atoms with van der Waals surface area (Å²) < 4.78 is 5.30. The third-order valence-electron chi connectivity index (χ3n) is 3.82. The zero-order chi connectivity index (χ0) is 12.5. The van der Waals surface area contributed by atoms with Crippen LogP contribution in [0.5, 0.6) is 0 Å². The van der Waals surface area contributed by atoms with E-state index in [2.05, 4.69) is 34.6 Å². The van der Waals surface area contributed by atoms with E-state index in [1.807, 2.05) is 14.0 Å². The molecule has 2 atom stereocenters. The molecule has 1 aliphatic carbocycles. The summed E-state index contributed by atoms with van der Waals surface area (Å²) in [4.78, 5) is 4.42. The Labute approximate surface area is 107 Å². The van der Waals surface area contributed by atoms with Gasteiger partial charge in [-0.05, 0) is 36.9 Å². The van der Waals surface area contributed by atoms with E-state index < -0.39 is 0 Å². The van der Waals surface area contributed by atoms with Crippen LogP contribution in [0, 0.1) is 6.92 Å². The second-order valence-corrected chi connectivity index (χ2v) is 4.97. The van der Waals surface area contributed by atoms with Crippen LogP contribution >= 0.6 is 0 Å². The number of hydrogen-bond acceptors (Lipinski definition) is 3. The molecule has 2 unspecified atom stereocenters. The van der Waals surface area contributed by atoms with Gasteiger partial charge < -0.3 is 9.73 Å². The van der Waals surface area contributed by atoms with Crippen LogP contribution in [0.15, 0.2) is 34.9 Å². The number of fused-ring (bicyclic) bond motifs is 1. The van der Waals surface area contributed by atoms with Crippen LogP contribution in [-0.4, -0.2) is 12.0 Å². The Morgan fingerprint density at radius 2 is 2.28 bits per heavy atom. The van der Waals surface area contributed by atoms with Crippen molar-refractivity contribution in [1.82, 2.24) is 10.3 Å². The van der Waals surface area contributed by atoms with E-state index in [1.54, 1.807) is 6.26 Å². The van der Waals surface area contributed by atoms with Crippen molar-refractivity contribution in [3.8, 4) is 0 Å². The minimum atomic E-state index is 0.279. The van der Waals surface area contributed by atoms with Gasteiger partial charge in [-0.25, -0.2) is 4.98 Å². The fourth-order valence-electron chi connectivity index (χ4n) is 2.78. The molecule has 1 aromatic carbocycles. The van der Waals surface area contributed by atoms with Gasteiger partial charge in [0.15, 0.2) is 5.89 Å². The molecule has 1 N–H and O–H groups in total. The molecule has 0 spiro atoms. The molecule has 0 amide bonds. The standard InChI is InChI=1S/C15H18N2O/c1-10-17-15(9-18-10)14(16-2)8-12-7-11-5-3-4-6-13(11)12/h3-6,9,12,14,16H,7-8H2,1-2H3. The fraction of sp³-hybridized carbons (Fsp3) is 0.400. The minimum absolute atomic E-state index is 0.279. The monoisotopic (exact) mass is 242 g/mol. The molecule has 2 aromatic rings. The van der Waals surface area contributed by atoms with Crippen molar-refractivity contribution in [2.75, 3.05) is 7.05 Å². The van der Waals surface area contributed by atoms with Gasteiger partial charge >= 0.3 is 0 Å². The van der Waals surface area contributed by atoms with Gasteiger partial charge in [0.25, 0.3) is 0 Å². The molecule has 1 aromatic heterocycles. The summed E-state index contributed by atoms with van der Waals surface area (Å²) >= 11 is 0. The van der Waals surface area contributed by atoms with Gasteiger partial charge in [-0.3, -0.25) is 0 Å². The van der Waals surface area contributed by atoms with Crippen molar-refractivity contribution >= 4 is 0 Å². The molecule has 1 heterocycles. The predicted molar refractivity (Wildman–Crippen MR) is 70.5 cm³/mol. The topological polar surface area (TPSA) is 38.1 Å². The molecule has 3 heteroatoms. The van der Waals surface area contributed by atoms with Gasteiger partial charge in [0.05, 0.1) is 11.7 Å². The number of rotatable bonds is 4. The molecule has 0 aliphatic heterocycles. The average Bonchev–Trinajstić information content (AvgIpc) is 2.77. The minimum Gasteiger partial charge on any atom is -0.449 e. The number of aryl methyl sites for hydroxylation is 1. The third kappa shape index (κ3) is 1.95. The number of nitrogens with zero attached hydrogens (tertiary/aromatic N) is 1. The normalized spacial score (nSPS) is 19.1. The number of nitrogens with one attached hydrogen (secondary N) is 1. The van der Waals surface area contributed by atoms with E-state index in [0.717, 1.165) is 18.0 Å². The maximum absolute atomic E-state index is 5.30. The second kappa shape index (κ2) is 4.58. The SMILES string of the molecule is CNC(CC1Cc2ccccc21)c1coc(C)n1. The van der Waals surface area contributed by atoms with Crippen molar-refractivity contribution in [3.05, 3.63) is 53.2 Å². The molecule has 0 saturated heterocycles. The van der Waals surface area contributed by atoms with E-state index in [-0.39, 0.29) is 6.04 Å². The highest BCUT2D eigenvalue weighted by atomic mass is 16.3. The van der Waals surface area contributed by atoms with Gasteiger partial charge in [0, 0.05) is 6.92 Å². The van der Waals surface area contributed by atoms with Crippen molar-refractivity contribution in [2.45, 2.75) is 31.7 Å². The highest BCUT2D eigenvalue weighted by Crippen LogP contribution is 2.40. The van der Waals surface area contributed by atoms with Crippen molar-refractivity contribution < 1.29 is 4.42 Å². The summed E-state index contributed by atoms with van der Waals surface area (Å²) in [5.74, 6) is 1.38. The van der Waals surface area contributed by atoms with Crippen LogP contribution in [0.4, 0.5) is 0 Å². The lowest BCUT2D eigenvalue weighted by Gasteiger charge is -2.32. The van der Waals surface area contributed by atoms with Crippen LogP contribution in [0.1, 0.15) is 41.1 Å². The molecule has 0 radical (unpaired) electrons. The quantitative estimate of drug-likeness (QED) is 0.895. The smallest absolute Gasteiger partial charge is 0.191 e. The number of aromatic nitrogens is 1. The molecule has 18 heavy (non-hydrogen) atoms. The summed E-state index contributed by atoms with van der Waals surface area (Å²) in [7, 11) is 1.99. The van der Waals surface area contributed by atoms with Gasteiger partial charge in [-0.1, -0.05) is 24.3 Å². The molecular formula is C15H18N2O. The highest BCUT2D eigenvalue weighted by Gasteiger charge is 2.28. The molecule has 3 rings (SSSR count). The Bertz CT molecular complexity index is 547. The maximum Gasteiger partial charge on any atom is 0.191 e. The van der Waals surface area contributed by atoms with Crippen molar-refractivity contribution in [2.24, 2.45) is 0 Å². The first-order valence-corrected chi connectivity index (χ1v) is 6.45. The van der Waals surface area contributed by atoms with E-state index in [4.69, 9.17) is 4.42 Å². The van der Waals surface area contributed by atoms with E-state index in [0.29, 0.717) is 5.92 Å². The molecular weight excluding hydrogens is 224 g/mol. The third-order valence-corrected chi connectivity index (χ3v) is 3.82. The van der Waals surface area contributed by atoms with Crippen LogP contribution in [0.25, 0.3) is 0 Å². The van der Waals surface area contributed by atoms with Gasteiger partial charge in [-0.2, -0.15) is 0 Å². The van der Waals surface area contributed by atoms with Gasteiger partial charge in [0.2, 0.25) is 0 Å². The largest absolute Gasteiger partial charge is 0.449 e. The lowest BCUT2D eigenvalue weighted by atomic mass is 9.74. The first-order valence-electron chi connectivity index (χ1n) is 6.45. The Morgan fingerprint density at radius 3 is 2.94 bits per heavy atom. The second-order valence-electron chi connectivity index (χ2n) is 4.97. The summed E-state index contributed by atoms with van der Waals surface area (Å²) in [6, 6.07) is 8.98. The molecule has 0 bridgehead atoms. The van der Waals surface area contributed by atoms with E-state index in [1.165, 1.54) is 17.5 Å². The summed E-state index contributed by atoms with van der Waals surface area (Å²) in [6.45, 7) is 1.88. The van der Waals surface area contributed by atoms with Crippen LogP contribution < -0.4 is 5.32 Å². The predicted octanol–water partition coefficient (Wildman–Crippen LogP) is 2.97. The Hall–Kier alpha value is -1.61. The summed E-state index contributed by atoms with van der Waals surface area (Å²) in [5, 5.41) is 3.34. The van der Waals surface area contributed by atoms with E-state index in [9.17, 15) is 0 Å². The summed E-state index contributed by atoms with van der Waals surface area (Å²) in [5.41, 5.74) is 4.01. The zero-order valence-corrected chi connectivity index (χ0v) is 10.8.